The first-order valence-electron chi connectivity index (χ1n) is 5.65. The number of fused-ring (bicyclic) bond motifs is 1. The Hall–Kier alpha value is -2.67. The van der Waals surface area contributed by atoms with Gasteiger partial charge in [0.1, 0.15) is 5.52 Å². The first-order chi connectivity index (χ1) is 8.88. The number of nitrogens with zero attached hydrogens (tertiary/aromatic N) is 4. The third-order valence-corrected chi connectivity index (χ3v) is 2.88. The molecule has 0 radical (unpaired) electrons. The third kappa shape index (κ3) is 1.72. The summed E-state index contributed by atoms with van der Waals surface area (Å²) in [5, 5.41) is 17.3. The molecular weight excluding hydrogens is 224 g/mol. The molecule has 0 saturated carbocycles. The number of para-hydroxylation sites is 1. The Morgan fingerprint density at radius 1 is 1.06 bits per heavy atom. The van der Waals surface area contributed by atoms with Crippen molar-refractivity contribution in [2.75, 3.05) is 0 Å². The van der Waals surface area contributed by atoms with Gasteiger partial charge in [0.25, 0.3) is 0 Å². The van der Waals surface area contributed by atoms with Crippen LogP contribution in [0.4, 0.5) is 0 Å². The molecule has 0 spiro atoms. The van der Waals surface area contributed by atoms with Gasteiger partial charge in [-0.25, -0.2) is 4.68 Å². The molecule has 1 aromatic heterocycles. The molecule has 3 aromatic rings. The molecule has 0 N–H and O–H groups in total. The topological polar surface area (TPSA) is 54.5 Å². The number of nitriles is 1. The number of rotatable bonds is 2. The highest BCUT2D eigenvalue weighted by Gasteiger charge is 2.06. The predicted molar refractivity (Wildman–Crippen MR) is 67.8 cm³/mol. The van der Waals surface area contributed by atoms with E-state index in [4.69, 9.17) is 5.26 Å². The van der Waals surface area contributed by atoms with Gasteiger partial charge < -0.3 is 0 Å². The molecule has 1 heterocycles. The van der Waals surface area contributed by atoms with Crippen molar-refractivity contribution in [1.82, 2.24) is 15.0 Å². The Kier molecular flexibility index (Phi) is 2.50. The second-order valence-electron chi connectivity index (χ2n) is 4.00. The number of aromatic nitrogens is 3. The minimum atomic E-state index is 0.560. The van der Waals surface area contributed by atoms with Crippen LogP contribution in [0.25, 0.3) is 11.0 Å². The second-order valence-corrected chi connectivity index (χ2v) is 4.00. The molecule has 0 unspecified atom stereocenters. The van der Waals surface area contributed by atoms with Crippen molar-refractivity contribution in [2.24, 2.45) is 0 Å². The number of hydrogen-bond acceptors (Lipinski definition) is 3. The molecule has 86 valence electrons. The van der Waals surface area contributed by atoms with E-state index in [1.807, 2.05) is 53.2 Å². The van der Waals surface area contributed by atoms with Crippen LogP contribution in [0.2, 0.25) is 0 Å². The summed E-state index contributed by atoms with van der Waals surface area (Å²) >= 11 is 0. The van der Waals surface area contributed by atoms with Crippen molar-refractivity contribution in [1.29, 1.82) is 5.26 Å². The summed E-state index contributed by atoms with van der Waals surface area (Å²) in [4.78, 5) is 0. The van der Waals surface area contributed by atoms with Crippen LogP contribution in [0, 0.1) is 11.3 Å². The molecule has 0 aliphatic carbocycles. The number of hydrogen-bond donors (Lipinski definition) is 0. The third-order valence-electron chi connectivity index (χ3n) is 2.88. The summed E-state index contributed by atoms with van der Waals surface area (Å²) in [5.74, 6) is 0. The van der Waals surface area contributed by atoms with Gasteiger partial charge in [-0.3, -0.25) is 0 Å². The molecule has 4 heteroatoms. The molecule has 4 nitrogen and oxygen atoms in total. The maximum absolute atomic E-state index is 9.07. The van der Waals surface area contributed by atoms with Crippen molar-refractivity contribution in [3.63, 3.8) is 0 Å². The van der Waals surface area contributed by atoms with E-state index >= 15 is 0 Å². The summed E-state index contributed by atoms with van der Waals surface area (Å²) in [6.45, 7) is 0.560. The molecule has 0 bridgehead atoms. The van der Waals surface area contributed by atoms with E-state index in [1.54, 1.807) is 0 Å². The van der Waals surface area contributed by atoms with Crippen LogP contribution in [0.1, 0.15) is 11.1 Å². The lowest BCUT2D eigenvalue weighted by Gasteiger charge is -2.04. The van der Waals surface area contributed by atoms with Gasteiger partial charge in [0.2, 0.25) is 0 Å². The van der Waals surface area contributed by atoms with Gasteiger partial charge in [0.15, 0.2) is 0 Å². The summed E-state index contributed by atoms with van der Waals surface area (Å²) < 4.78 is 1.81. The normalized spacial score (nSPS) is 10.4. The zero-order chi connectivity index (χ0) is 12.4. The molecule has 18 heavy (non-hydrogen) atoms. The largest absolute Gasteiger partial charge is 0.240 e. The minimum absolute atomic E-state index is 0.560. The molecule has 0 aliphatic heterocycles. The maximum Gasteiger partial charge on any atom is 0.113 e. The van der Waals surface area contributed by atoms with Gasteiger partial charge in [-0.05, 0) is 23.8 Å². The highest BCUT2D eigenvalue weighted by atomic mass is 15.4. The quantitative estimate of drug-likeness (QED) is 0.684. The standard InChI is InChI=1S/C14H10N4/c15-9-11-5-1-2-6-12(11)10-18-14-8-4-3-7-13(14)16-17-18/h1-8H,10H2. The van der Waals surface area contributed by atoms with Gasteiger partial charge in [0, 0.05) is 0 Å². The van der Waals surface area contributed by atoms with E-state index in [0.717, 1.165) is 16.6 Å². The number of benzene rings is 2. The predicted octanol–water partition coefficient (Wildman–Crippen LogP) is 2.35. The van der Waals surface area contributed by atoms with Gasteiger partial charge in [0.05, 0.1) is 23.7 Å². The zero-order valence-electron chi connectivity index (χ0n) is 9.61. The van der Waals surface area contributed by atoms with Gasteiger partial charge >= 0.3 is 0 Å². The van der Waals surface area contributed by atoms with Crippen LogP contribution in [0.15, 0.2) is 48.5 Å². The van der Waals surface area contributed by atoms with E-state index in [-0.39, 0.29) is 0 Å². The van der Waals surface area contributed by atoms with Crippen LogP contribution in [-0.4, -0.2) is 15.0 Å². The first kappa shape index (κ1) is 10.5. The van der Waals surface area contributed by atoms with E-state index in [1.165, 1.54) is 0 Å². The van der Waals surface area contributed by atoms with Crippen LogP contribution in [-0.2, 0) is 6.54 Å². The highest BCUT2D eigenvalue weighted by Crippen LogP contribution is 2.14. The fourth-order valence-corrected chi connectivity index (χ4v) is 1.96. The fourth-order valence-electron chi connectivity index (χ4n) is 1.96. The molecule has 0 fully saturated rings. The molecule has 0 aliphatic rings. The van der Waals surface area contributed by atoms with Crippen molar-refractivity contribution in [3.8, 4) is 6.07 Å². The van der Waals surface area contributed by atoms with Gasteiger partial charge in [-0.1, -0.05) is 35.5 Å². The van der Waals surface area contributed by atoms with E-state index in [2.05, 4.69) is 16.4 Å². The van der Waals surface area contributed by atoms with Crippen LogP contribution >= 0.6 is 0 Å². The monoisotopic (exact) mass is 234 g/mol. The smallest absolute Gasteiger partial charge is 0.113 e. The Bertz CT molecular complexity index is 737. The summed E-state index contributed by atoms with van der Waals surface area (Å²) in [6.07, 6.45) is 0. The zero-order valence-corrected chi connectivity index (χ0v) is 9.61. The summed E-state index contributed by atoms with van der Waals surface area (Å²) in [6, 6.07) is 17.5. The van der Waals surface area contributed by atoms with Crippen LogP contribution in [0.5, 0.6) is 0 Å². The van der Waals surface area contributed by atoms with Gasteiger partial charge in [-0.2, -0.15) is 5.26 Å². The Morgan fingerprint density at radius 3 is 2.72 bits per heavy atom. The molecular formula is C14H10N4. The fraction of sp³-hybridized carbons (Fsp3) is 0.0714. The summed E-state index contributed by atoms with van der Waals surface area (Å²) in [7, 11) is 0. The molecule has 3 rings (SSSR count). The Morgan fingerprint density at radius 2 is 1.83 bits per heavy atom. The SMILES string of the molecule is N#Cc1ccccc1Cn1nnc2ccccc21. The second kappa shape index (κ2) is 4.30. The Labute approximate surface area is 104 Å². The molecule has 2 aromatic carbocycles. The van der Waals surface area contributed by atoms with Crippen LogP contribution in [0.3, 0.4) is 0 Å². The van der Waals surface area contributed by atoms with Crippen molar-refractivity contribution < 1.29 is 0 Å². The van der Waals surface area contributed by atoms with Gasteiger partial charge in [-0.15, -0.1) is 5.10 Å². The lowest BCUT2D eigenvalue weighted by Crippen LogP contribution is -2.03. The van der Waals surface area contributed by atoms with Crippen molar-refractivity contribution in [2.45, 2.75) is 6.54 Å². The maximum atomic E-state index is 9.07. The van der Waals surface area contributed by atoms with E-state index in [0.29, 0.717) is 12.1 Å². The lowest BCUT2D eigenvalue weighted by molar-refractivity contribution is 0.669. The summed E-state index contributed by atoms with van der Waals surface area (Å²) in [5.41, 5.74) is 3.48. The van der Waals surface area contributed by atoms with E-state index < -0.39 is 0 Å². The van der Waals surface area contributed by atoms with Crippen molar-refractivity contribution >= 4 is 11.0 Å². The molecule has 0 atom stereocenters. The highest BCUT2D eigenvalue weighted by molar-refractivity contribution is 5.73. The molecule has 0 amide bonds. The van der Waals surface area contributed by atoms with Crippen LogP contribution < -0.4 is 0 Å². The molecule has 0 saturated heterocycles. The first-order valence-corrected chi connectivity index (χ1v) is 5.65. The van der Waals surface area contributed by atoms with E-state index in [9.17, 15) is 0 Å². The van der Waals surface area contributed by atoms with Crippen molar-refractivity contribution in [3.05, 3.63) is 59.7 Å². The average molecular weight is 234 g/mol. The lowest BCUT2D eigenvalue weighted by atomic mass is 10.1. The minimum Gasteiger partial charge on any atom is -0.240 e. The average Bonchev–Trinajstić information content (AvgIpc) is 2.83. The Balaban J connectivity index is 2.05.